The number of H-pyrrole nitrogens is 1. The van der Waals surface area contributed by atoms with Crippen molar-refractivity contribution in [2.24, 2.45) is 0 Å². The average Bonchev–Trinajstić information content (AvgIpc) is 3.12. The van der Waals surface area contributed by atoms with Crippen LogP contribution in [0.1, 0.15) is 5.56 Å². The van der Waals surface area contributed by atoms with Gasteiger partial charge in [0.2, 0.25) is 0 Å². The minimum atomic E-state index is -0.389. The second-order valence-electron chi connectivity index (χ2n) is 6.14. The SMILES string of the molecule is COc1ccc(C#N)c(-c2c(-c3cc(F)ccc3OC)[nH]c3ncccc23)c1. The first-order chi connectivity index (χ1) is 13.7. The summed E-state index contributed by atoms with van der Waals surface area (Å²) in [6.07, 6.45) is 1.67. The number of methoxy groups -OCH3 is 2. The molecule has 0 unspecified atom stereocenters. The van der Waals surface area contributed by atoms with Crippen molar-refractivity contribution in [3.05, 3.63) is 66.1 Å². The molecule has 138 valence electrons. The number of hydrogen-bond acceptors (Lipinski definition) is 4. The quantitative estimate of drug-likeness (QED) is 0.551. The Kier molecular flexibility index (Phi) is 4.42. The molecule has 4 aromatic rings. The largest absolute Gasteiger partial charge is 0.497 e. The van der Waals surface area contributed by atoms with Crippen LogP contribution in [0, 0.1) is 17.1 Å². The van der Waals surface area contributed by atoms with Crippen molar-refractivity contribution in [2.75, 3.05) is 14.2 Å². The van der Waals surface area contributed by atoms with Crippen molar-refractivity contribution in [3.8, 4) is 40.0 Å². The van der Waals surface area contributed by atoms with Crippen molar-refractivity contribution >= 4 is 11.0 Å². The van der Waals surface area contributed by atoms with E-state index in [1.54, 1.807) is 37.6 Å². The fourth-order valence-electron chi connectivity index (χ4n) is 3.33. The van der Waals surface area contributed by atoms with E-state index in [0.29, 0.717) is 39.5 Å². The van der Waals surface area contributed by atoms with Gasteiger partial charge in [0.05, 0.1) is 31.5 Å². The van der Waals surface area contributed by atoms with Crippen LogP contribution in [-0.4, -0.2) is 24.2 Å². The van der Waals surface area contributed by atoms with E-state index in [1.807, 2.05) is 12.1 Å². The molecule has 28 heavy (non-hydrogen) atoms. The Balaban J connectivity index is 2.12. The topological polar surface area (TPSA) is 70.9 Å². The normalized spacial score (nSPS) is 10.6. The summed E-state index contributed by atoms with van der Waals surface area (Å²) in [7, 11) is 3.10. The zero-order valence-corrected chi connectivity index (χ0v) is 15.3. The van der Waals surface area contributed by atoms with Gasteiger partial charge in [-0.3, -0.25) is 0 Å². The zero-order valence-electron chi connectivity index (χ0n) is 15.3. The zero-order chi connectivity index (χ0) is 19.7. The van der Waals surface area contributed by atoms with E-state index in [-0.39, 0.29) is 5.82 Å². The summed E-state index contributed by atoms with van der Waals surface area (Å²) in [4.78, 5) is 7.65. The van der Waals surface area contributed by atoms with Crippen LogP contribution < -0.4 is 9.47 Å². The van der Waals surface area contributed by atoms with Crippen molar-refractivity contribution in [1.29, 1.82) is 5.26 Å². The molecule has 2 aromatic carbocycles. The van der Waals surface area contributed by atoms with Gasteiger partial charge in [0.1, 0.15) is 23.0 Å². The Morgan fingerprint density at radius 2 is 1.89 bits per heavy atom. The molecule has 1 N–H and O–H groups in total. The summed E-state index contributed by atoms with van der Waals surface area (Å²) in [5, 5.41) is 10.5. The Hall–Kier alpha value is -3.85. The maximum absolute atomic E-state index is 14.1. The number of aromatic nitrogens is 2. The van der Waals surface area contributed by atoms with Gasteiger partial charge in [-0.1, -0.05) is 0 Å². The fraction of sp³-hybridized carbons (Fsp3) is 0.0909. The van der Waals surface area contributed by atoms with E-state index in [1.165, 1.54) is 19.2 Å². The monoisotopic (exact) mass is 373 g/mol. The van der Waals surface area contributed by atoms with Gasteiger partial charge in [-0.25, -0.2) is 9.37 Å². The first kappa shape index (κ1) is 17.6. The van der Waals surface area contributed by atoms with E-state index in [9.17, 15) is 9.65 Å². The summed E-state index contributed by atoms with van der Waals surface area (Å²) in [5.74, 6) is 0.736. The predicted molar refractivity (Wildman–Crippen MR) is 105 cm³/mol. The molecule has 0 aliphatic rings. The second kappa shape index (κ2) is 7.05. The van der Waals surface area contributed by atoms with Gasteiger partial charge in [0.15, 0.2) is 0 Å². The third kappa shape index (κ3) is 2.83. The Morgan fingerprint density at radius 1 is 1.04 bits per heavy atom. The molecule has 0 atom stereocenters. The molecule has 0 bridgehead atoms. The molecule has 0 saturated heterocycles. The smallest absolute Gasteiger partial charge is 0.138 e. The van der Waals surface area contributed by atoms with E-state index >= 15 is 0 Å². The van der Waals surface area contributed by atoms with Crippen LogP contribution in [0.25, 0.3) is 33.4 Å². The molecule has 5 nitrogen and oxygen atoms in total. The standard InChI is InChI=1S/C22H16FN3O2/c1-27-15-7-5-13(12-24)17(11-15)20-16-4-3-9-25-22(16)26-21(20)18-10-14(23)6-8-19(18)28-2/h3-11H,1-2H3,(H,25,26). The van der Waals surface area contributed by atoms with E-state index in [2.05, 4.69) is 16.0 Å². The minimum Gasteiger partial charge on any atom is -0.497 e. The average molecular weight is 373 g/mol. The van der Waals surface area contributed by atoms with Crippen molar-refractivity contribution in [1.82, 2.24) is 9.97 Å². The molecule has 6 heteroatoms. The molecule has 0 radical (unpaired) electrons. The predicted octanol–water partition coefficient (Wildman–Crippen LogP) is 4.92. The van der Waals surface area contributed by atoms with Crippen LogP contribution in [0.15, 0.2) is 54.7 Å². The summed E-state index contributed by atoms with van der Waals surface area (Å²) in [6, 6.07) is 15.5. The van der Waals surface area contributed by atoms with Crippen LogP contribution in [0.2, 0.25) is 0 Å². The fourth-order valence-corrected chi connectivity index (χ4v) is 3.33. The van der Waals surface area contributed by atoms with Gasteiger partial charge in [-0.15, -0.1) is 0 Å². The number of nitrogens with one attached hydrogen (secondary N) is 1. The van der Waals surface area contributed by atoms with Crippen molar-refractivity contribution < 1.29 is 13.9 Å². The van der Waals surface area contributed by atoms with Gasteiger partial charge in [0, 0.05) is 28.3 Å². The molecule has 0 saturated carbocycles. The third-order valence-electron chi connectivity index (χ3n) is 4.62. The molecular weight excluding hydrogens is 357 g/mol. The maximum Gasteiger partial charge on any atom is 0.138 e. The molecule has 0 amide bonds. The highest BCUT2D eigenvalue weighted by molar-refractivity contribution is 6.04. The van der Waals surface area contributed by atoms with Crippen molar-refractivity contribution in [3.63, 3.8) is 0 Å². The van der Waals surface area contributed by atoms with Gasteiger partial charge >= 0.3 is 0 Å². The highest BCUT2D eigenvalue weighted by atomic mass is 19.1. The van der Waals surface area contributed by atoms with Gasteiger partial charge < -0.3 is 14.5 Å². The molecule has 0 aliphatic heterocycles. The molecule has 0 fully saturated rings. The van der Waals surface area contributed by atoms with Crippen LogP contribution in [0.3, 0.4) is 0 Å². The number of hydrogen-bond donors (Lipinski definition) is 1. The lowest BCUT2D eigenvalue weighted by Gasteiger charge is -2.12. The number of ether oxygens (including phenoxy) is 2. The highest BCUT2D eigenvalue weighted by Gasteiger charge is 2.21. The lowest BCUT2D eigenvalue weighted by atomic mass is 9.94. The number of halogens is 1. The van der Waals surface area contributed by atoms with Gasteiger partial charge in [-0.05, 0) is 48.5 Å². The maximum atomic E-state index is 14.1. The van der Waals surface area contributed by atoms with Crippen LogP contribution in [0.5, 0.6) is 11.5 Å². The summed E-state index contributed by atoms with van der Waals surface area (Å²) in [6.45, 7) is 0. The van der Waals surface area contributed by atoms with Crippen LogP contribution >= 0.6 is 0 Å². The molecule has 4 rings (SSSR count). The van der Waals surface area contributed by atoms with Crippen molar-refractivity contribution in [2.45, 2.75) is 0 Å². The third-order valence-corrected chi connectivity index (χ3v) is 4.62. The van der Waals surface area contributed by atoms with Crippen LogP contribution in [-0.2, 0) is 0 Å². The molecule has 2 heterocycles. The summed E-state index contributed by atoms with van der Waals surface area (Å²) >= 11 is 0. The second-order valence-corrected chi connectivity index (χ2v) is 6.14. The number of pyridine rings is 1. The molecule has 0 spiro atoms. The van der Waals surface area contributed by atoms with Gasteiger partial charge in [0.25, 0.3) is 0 Å². The number of fused-ring (bicyclic) bond motifs is 1. The first-order valence-electron chi connectivity index (χ1n) is 8.55. The van der Waals surface area contributed by atoms with Gasteiger partial charge in [-0.2, -0.15) is 5.26 Å². The van der Waals surface area contributed by atoms with E-state index < -0.39 is 0 Å². The minimum absolute atomic E-state index is 0.389. The number of benzene rings is 2. The Bertz CT molecular complexity index is 1220. The lowest BCUT2D eigenvalue weighted by Crippen LogP contribution is -1.93. The molecule has 0 aliphatic carbocycles. The van der Waals surface area contributed by atoms with Crippen LogP contribution in [0.4, 0.5) is 4.39 Å². The molecule has 2 aromatic heterocycles. The van der Waals surface area contributed by atoms with E-state index in [0.717, 1.165) is 10.9 Å². The first-order valence-corrected chi connectivity index (χ1v) is 8.55. The molecular formula is C22H16FN3O2. The Labute approximate surface area is 161 Å². The van der Waals surface area contributed by atoms with E-state index in [4.69, 9.17) is 9.47 Å². The number of nitrogens with zero attached hydrogens (tertiary/aromatic N) is 2. The highest BCUT2D eigenvalue weighted by Crippen LogP contribution is 2.43. The number of rotatable bonds is 4. The summed E-state index contributed by atoms with van der Waals surface area (Å²) < 4.78 is 24.9. The number of aromatic amines is 1. The lowest BCUT2D eigenvalue weighted by molar-refractivity contribution is 0.415. The summed E-state index contributed by atoms with van der Waals surface area (Å²) in [5.41, 5.74) is 3.68. The Morgan fingerprint density at radius 3 is 2.64 bits per heavy atom. The number of nitriles is 1.